The van der Waals surface area contributed by atoms with Crippen LogP contribution in [0.1, 0.15) is 37.8 Å². The molecule has 0 fully saturated rings. The lowest BCUT2D eigenvalue weighted by molar-refractivity contribution is -0.123. The Hall–Kier alpha value is -3.22. The average Bonchev–Trinajstić information content (AvgIpc) is 2.79. The lowest BCUT2D eigenvalue weighted by Gasteiger charge is -2.18. The van der Waals surface area contributed by atoms with Gasteiger partial charge < -0.3 is 25.4 Å². The lowest BCUT2D eigenvalue weighted by Crippen LogP contribution is -2.48. The van der Waals surface area contributed by atoms with Gasteiger partial charge >= 0.3 is 6.03 Å². The number of aryl methyl sites for hydroxylation is 1. The van der Waals surface area contributed by atoms with E-state index in [9.17, 15) is 9.59 Å². The average molecular weight is 428 g/mol. The summed E-state index contributed by atoms with van der Waals surface area (Å²) in [5.74, 6) is 1.12. The van der Waals surface area contributed by atoms with Gasteiger partial charge in [-0.1, -0.05) is 38.5 Å². The fourth-order valence-electron chi connectivity index (χ4n) is 3.20. The summed E-state index contributed by atoms with van der Waals surface area (Å²) in [5.41, 5.74) is 2.91. The zero-order valence-corrected chi connectivity index (χ0v) is 18.8. The van der Waals surface area contributed by atoms with Crippen LogP contribution in [0, 0.1) is 0 Å². The first-order chi connectivity index (χ1) is 15.0. The number of nitrogens with one attached hydrogen (secondary N) is 3. The summed E-state index contributed by atoms with van der Waals surface area (Å²) in [7, 11) is 3.18. The highest BCUT2D eigenvalue weighted by atomic mass is 16.5. The fraction of sp³-hybridized carbons (Fsp3) is 0.417. The van der Waals surface area contributed by atoms with Crippen LogP contribution in [0.25, 0.3) is 0 Å². The highest BCUT2D eigenvalue weighted by Gasteiger charge is 2.19. The number of anilines is 1. The Morgan fingerprint density at radius 2 is 1.61 bits per heavy atom. The highest BCUT2D eigenvalue weighted by molar-refractivity contribution is 5.93. The number of methoxy groups -OCH3 is 2. The van der Waals surface area contributed by atoms with E-state index in [2.05, 4.69) is 22.9 Å². The highest BCUT2D eigenvalue weighted by Crippen LogP contribution is 2.27. The van der Waals surface area contributed by atoms with E-state index in [4.69, 9.17) is 9.47 Å². The summed E-state index contributed by atoms with van der Waals surface area (Å²) >= 11 is 0. The van der Waals surface area contributed by atoms with Crippen LogP contribution in [-0.4, -0.2) is 38.7 Å². The van der Waals surface area contributed by atoms with Crippen LogP contribution < -0.4 is 25.4 Å². The summed E-state index contributed by atoms with van der Waals surface area (Å²) in [6, 6.07) is 12.3. The van der Waals surface area contributed by atoms with Gasteiger partial charge in [-0.3, -0.25) is 4.79 Å². The summed E-state index contributed by atoms with van der Waals surface area (Å²) in [6.45, 7) is 4.51. The Morgan fingerprint density at radius 3 is 2.23 bits per heavy atom. The topological polar surface area (TPSA) is 88.7 Å². The van der Waals surface area contributed by atoms with Gasteiger partial charge in [-0.25, -0.2) is 4.79 Å². The van der Waals surface area contributed by atoms with Crippen LogP contribution in [0.4, 0.5) is 10.5 Å². The molecule has 31 heavy (non-hydrogen) atoms. The third-order valence-corrected chi connectivity index (χ3v) is 4.98. The van der Waals surface area contributed by atoms with Crippen molar-refractivity contribution in [1.29, 1.82) is 0 Å². The molecular formula is C24H33N3O4. The molecule has 0 saturated carbocycles. The standard InChI is InChI=1S/C24H33N3O4/c1-5-7-20(27-24(29)26-19-11-8-17(6-2)9-12-19)23(28)25-15-14-18-10-13-21(30-3)22(16-18)31-4/h8-13,16,20H,5-7,14-15H2,1-4H3,(H,25,28)(H2,26,27,29). The van der Waals surface area contributed by atoms with Crippen molar-refractivity contribution in [2.75, 3.05) is 26.1 Å². The maximum absolute atomic E-state index is 12.6. The third kappa shape index (κ3) is 7.51. The van der Waals surface area contributed by atoms with Crippen molar-refractivity contribution in [3.05, 3.63) is 53.6 Å². The molecular weight excluding hydrogens is 394 g/mol. The fourth-order valence-corrected chi connectivity index (χ4v) is 3.20. The Kier molecular flexibility index (Phi) is 9.68. The number of rotatable bonds is 11. The first-order valence-electron chi connectivity index (χ1n) is 10.7. The molecule has 2 aromatic carbocycles. The molecule has 2 aromatic rings. The number of hydrogen-bond donors (Lipinski definition) is 3. The molecule has 0 radical (unpaired) electrons. The van der Waals surface area contributed by atoms with Gasteiger partial charge in [0.1, 0.15) is 6.04 Å². The maximum Gasteiger partial charge on any atom is 0.319 e. The molecule has 1 atom stereocenters. The van der Waals surface area contributed by atoms with Crippen molar-refractivity contribution in [2.45, 2.75) is 45.6 Å². The second kappa shape index (κ2) is 12.5. The Morgan fingerprint density at radius 1 is 0.935 bits per heavy atom. The second-order valence-corrected chi connectivity index (χ2v) is 7.22. The number of ether oxygens (including phenoxy) is 2. The quantitative estimate of drug-likeness (QED) is 0.507. The first-order valence-corrected chi connectivity index (χ1v) is 10.7. The van der Waals surface area contributed by atoms with Gasteiger partial charge in [-0.2, -0.15) is 0 Å². The molecule has 2 rings (SSSR count). The van der Waals surface area contributed by atoms with Crippen molar-refractivity contribution in [1.82, 2.24) is 10.6 Å². The minimum Gasteiger partial charge on any atom is -0.493 e. The van der Waals surface area contributed by atoms with Gasteiger partial charge in [0, 0.05) is 12.2 Å². The lowest BCUT2D eigenvalue weighted by atomic mass is 10.1. The molecule has 168 valence electrons. The molecule has 0 saturated heterocycles. The predicted octanol–water partition coefficient (Wildman–Crippen LogP) is 3.92. The Labute approximate surface area is 184 Å². The molecule has 0 aliphatic rings. The van der Waals surface area contributed by atoms with Gasteiger partial charge in [0.15, 0.2) is 11.5 Å². The van der Waals surface area contributed by atoms with Crippen LogP contribution in [0.5, 0.6) is 11.5 Å². The minimum absolute atomic E-state index is 0.196. The van der Waals surface area contributed by atoms with E-state index in [1.807, 2.05) is 49.4 Å². The summed E-state index contributed by atoms with van der Waals surface area (Å²) in [5, 5.41) is 8.48. The van der Waals surface area contributed by atoms with Crippen LogP contribution in [0.2, 0.25) is 0 Å². The summed E-state index contributed by atoms with van der Waals surface area (Å²) < 4.78 is 10.6. The molecule has 0 heterocycles. The monoisotopic (exact) mass is 427 g/mol. The first kappa shape index (κ1) is 24.1. The van der Waals surface area contributed by atoms with Crippen LogP contribution in [0.3, 0.4) is 0 Å². The number of hydrogen-bond acceptors (Lipinski definition) is 4. The van der Waals surface area contributed by atoms with Crippen molar-refractivity contribution in [3.8, 4) is 11.5 Å². The van der Waals surface area contributed by atoms with Gasteiger partial charge in [-0.05, 0) is 54.7 Å². The minimum atomic E-state index is -0.592. The van der Waals surface area contributed by atoms with E-state index >= 15 is 0 Å². The van der Waals surface area contributed by atoms with Gasteiger partial charge in [0.05, 0.1) is 14.2 Å². The van der Waals surface area contributed by atoms with Crippen LogP contribution >= 0.6 is 0 Å². The molecule has 3 amide bonds. The van der Waals surface area contributed by atoms with Gasteiger partial charge in [0.2, 0.25) is 5.91 Å². The summed E-state index contributed by atoms with van der Waals surface area (Å²) in [4.78, 5) is 25.0. The predicted molar refractivity (Wildman–Crippen MR) is 123 cm³/mol. The third-order valence-electron chi connectivity index (χ3n) is 4.98. The number of carbonyl (C=O) groups excluding carboxylic acids is 2. The van der Waals surface area contributed by atoms with E-state index in [1.54, 1.807) is 14.2 Å². The van der Waals surface area contributed by atoms with Crippen LogP contribution in [0.15, 0.2) is 42.5 Å². The molecule has 0 aromatic heterocycles. The number of urea groups is 1. The van der Waals surface area contributed by atoms with E-state index in [0.29, 0.717) is 36.6 Å². The van der Waals surface area contributed by atoms with Crippen molar-refractivity contribution < 1.29 is 19.1 Å². The Bertz CT molecular complexity index is 852. The Balaban J connectivity index is 1.87. The SMILES string of the molecule is CCCC(NC(=O)Nc1ccc(CC)cc1)C(=O)NCCc1ccc(OC)c(OC)c1. The zero-order chi connectivity index (χ0) is 22.6. The van der Waals surface area contributed by atoms with E-state index in [-0.39, 0.29) is 5.91 Å². The van der Waals surface area contributed by atoms with Gasteiger partial charge in [0.25, 0.3) is 0 Å². The molecule has 1 unspecified atom stereocenters. The molecule has 3 N–H and O–H groups in total. The van der Waals surface area contributed by atoms with E-state index in [1.165, 1.54) is 5.56 Å². The summed E-state index contributed by atoms with van der Waals surface area (Å²) in [6.07, 6.45) is 2.92. The normalized spacial score (nSPS) is 11.4. The van der Waals surface area contributed by atoms with E-state index in [0.717, 1.165) is 18.4 Å². The molecule has 7 nitrogen and oxygen atoms in total. The molecule has 0 aliphatic heterocycles. The van der Waals surface area contributed by atoms with Gasteiger partial charge in [-0.15, -0.1) is 0 Å². The molecule has 7 heteroatoms. The molecule has 0 bridgehead atoms. The maximum atomic E-state index is 12.6. The van der Waals surface area contributed by atoms with E-state index < -0.39 is 12.1 Å². The smallest absolute Gasteiger partial charge is 0.319 e. The molecule has 0 spiro atoms. The van der Waals surface area contributed by atoms with Crippen molar-refractivity contribution in [3.63, 3.8) is 0 Å². The largest absolute Gasteiger partial charge is 0.493 e. The van der Waals surface area contributed by atoms with Crippen LogP contribution in [-0.2, 0) is 17.6 Å². The number of benzene rings is 2. The number of carbonyl (C=O) groups is 2. The zero-order valence-electron chi connectivity index (χ0n) is 18.8. The van der Waals surface area contributed by atoms with Crippen molar-refractivity contribution >= 4 is 17.6 Å². The van der Waals surface area contributed by atoms with Crippen molar-refractivity contribution in [2.24, 2.45) is 0 Å². The number of amides is 3. The molecule has 0 aliphatic carbocycles. The second-order valence-electron chi connectivity index (χ2n) is 7.22.